The average molecular weight is 486 g/mol. The molecule has 0 aliphatic carbocycles. The maximum absolute atomic E-state index is 13.8. The maximum Gasteiger partial charge on any atom is 0.286 e. The second-order valence-electron chi connectivity index (χ2n) is 7.77. The van der Waals surface area contributed by atoms with Gasteiger partial charge in [0, 0.05) is 30.9 Å². The van der Waals surface area contributed by atoms with Gasteiger partial charge in [0.05, 0.1) is 5.92 Å². The lowest BCUT2D eigenvalue weighted by Gasteiger charge is -2.31. The SMILES string of the molecule is O=C(Nc1ccc(F)cc1)c1nnc(C(=O)N2CCC[C@H](C(=O)NCc3ccccc3F)C2)s1. The Morgan fingerprint density at radius 2 is 1.76 bits per heavy atom. The van der Waals surface area contributed by atoms with Crippen LogP contribution in [-0.2, 0) is 11.3 Å². The highest BCUT2D eigenvalue weighted by Gasteiger charge is 2.31. The molecule has 4 rings (SSSR count). The minimum atomic E-state index is -0.563. The van der Waals surface area contributed by atoms with Crippen LogP contribution in [0.4, 0.5) is 14.5 Å². The van der Waals surface area contributed by atoms with Crippen LogP contribution in [0.2, 0.25) is 0 Å². The number of rotatable bonds is 6. The molecule has 34 heavy (non-hydrogen) atoms. The van der Waals surface area contributed by atoms with Crippen LogP contribution in [0.1, 0.15) is 38.0 Å². The lowest BCUT2D eigenvalue weighted by Crippen LogP contribution is -2.45. The zero-order valence-electron chi connectivity index (χ0n) is 18.0. The van der Waals surface area contributed by atoms with Crippen molar-refractivity contribution >= 4 is 34.7 Å². The lowest BCUT2D eigenvalue weighted by atomic mass is 9.97. The third-order valence-corrected chi connectivity index (χ3v) is 6.30. The Hall–Kier alpha value is -3.73. The van der Waals surface area contributed by atoms with Gasteiger partial charge in [-0.1, -0.05) is 29.5 Å². The molecule has 1 fully saturated rings. The van der Waals surface area contributed by atoms with Crippen molar-refractivity contribution in [3.8, 4) is 0 Å². The van der Waals surface area contributed by atoms with Crippen LogP contribution < -0.4 is 10.6 Å². The predicted molar refractivity (Wildman–Crippen MR) is 121 cm³/mol. The lowest BCUT2D eigenvalue weighted by molar-refractivity contribution is -0.126. The number of anilines is 1. The van der Waals surface area contributed by atoms with E-state index < -0.39 is 29.4 Å². The van der Waals surface area contributed by atoms with Crippen molar-refractivity contribution in [3.63, 3.8) is 0 Å². The molecule has 0 spiro atoms. The van der Waals surface area contributed by atoms with E-state index in [-0.39, 0.29) is 29.0 Å². The molecule has 3 amide bonds. The Bertz CT molecular complexity index is 1200. The summed E-state index contributed by atoms with van der Waals surface area (Å²) >= 11 is 0.842. The Kier molecular flexibility index (Phi) is 7.21. The van der Waals surface area contributed by atoms with Gasteiger partial charge in [-0.15, -0.1) is 10.2 Å². The van der Waals surface area contributed by atoms with Gasteiger partial charge in [-0.25, -0.2) is 8.78 Å². The molecule has 2 N–H and O–H groups in total. The van der Waals surface area contributed by atoms with Crippen molar-refractivity contribution in [3.05, 3.63) is 75.7 Å². The van der Waals surface area contributed by atoms with Crippen LogP contribution in [0, 0.1) is 17.6 Å². The summed E-state index contributed by atoms with van der Waals surface area (Å²) in [4.78, 5) is 39.4. The summed E-state index contributed by atoms with van der Waals surface area (Å²) in [6, 6.07) is 11.5. The topological polar surface area (TPSA) is 104 Å². The normalized spacial score (nSPS) is 15.6. The highest BCUT2D eigenvalue weighted by atomic mass is 32.1. The Morgan fingerprint density at radius 3 is 2.53 bits per heavy atom. The molecule has 1 atom stereocenters. The van der Waals surface area contributed by atoms with E-state index in [1.807, 2.05) is 0 Å². The molecule has 0 bridgehead atoms. The van der Waals surface area contributed by atoms with Gasteiger partial charge >= 0.3 is 0 Å². The molecule has 11 heteroatoms. The fourth-order valence-corrected chi connectivity index (χ4v) is 4.31. The quantitative estimate of drug-likeness (QED) is 0.558. The number of hydrogen-bond acceptors (Lipinski definition) is 6. The Balaban J connectivity index is 1.34. The number of hydrogen-bond donors (Lipinski definition) is 2. The number of carbonyl (C=O) groups is 3. The average Bonchev–Trinajstić information content (AvgIpc) is 3.35. The molecule has 0 saturated carbocycles. The van der Waals surface area contributed by atoms with E-state index in [0.29, 0.717) is 30.6 Å². The number of amides is 3. The Labute approximate surface area is 198 Å². The summed E-state index contributed by atoms with van der Waals surface area (Å²) in [6.45, 7) is 0.712. The summed E-state index contributed by atoms with van der Waals surface area (Å²) in [5, 5.41) is 13.0. The maximum atomic E-state index is 13.8. The van der Waals surface area contributed by atoms with Crippen molar-refractivity contribution in [1.82, 2.24) is 20.4 Å². The van der Waals surface area contributed by atoms with E-state index in [0.717, 1.165) is 11.3 Å². The van der Waals surface area contributed by atoms with Crippen LogP contribution in [0.15, 0.2) is 48.5 Å². The van der Waals surface area contributed by atoms with Gasteiger partial charge in [-0.05, 0) is 43.2 Å². The molecule has 8 nitrogen and oxygen atoms in total. The van der Waals surface area contributed by atoms with Crippen LogP contribution in [0.25, 0.3) is 0 Å². The number of benzene rings is 2. The van der Waals surface area contributed by atoms with Gasteiger partial charge in [0.25, 0.3) is 11.8 Å². The second kappa shape index (κ2) is 10.5. The molecule has 1 saturated heterocycles. The number of nitrogens with one attached hydrogen (secondary N) is 2. The number of piperidine rings is 1. The van der Waals surface area contributed by atoms with Crippen molar-refractivity contribution in [2.75, 3.05) is 18.4 Å². The molecule has 2 aromatic carbocycles. The number of nitrogens with zero attached hydrogens (tertiary/aromatic N) is 3. The van der Waals surface area contributed by atoms with E-state index in [9.17, 15) is 23.2 Å². The highest BCUT2D eigenvalue weighted by molar-refractivity contribution is 7.15. The number of aromatic nitrogens is 2. The first-order valence-electron chi connectivity index (χ1n) is 10.6. The summed E-state index contributed by atoms with van der Waals surface area (Å²) < 4.78 is 26.8. The molecule has 0 radical (unpaired) electrons. The van der Waals surface area contributed by atoms with Crippen molar-refractivity contribution in [2.45, 2.75) is 19.4 Å². The van der Waals surface area contributed by atoms with Crippen molar-refractivity contribution in [2.24, 2.45) is 5.92 Å². The summed E-state index contributed by atoms with van der Waals surface area (Å²) in [7, 11) is 0. The van der Waals surface area contributed by atoms with Gasteiger partial charge in [0.1, 0.15) is 11.6 Å². The zero-order valence-corrected chi connectivity index (χ0v) is 18.8. The third-order valence-electron chi connectivity index (χ3n) is 5.39. The van der Waals surface area contributed by atoms with Gasteiger partial charge in [0.2, 0.25) is 15.9 Å². The van der Waals surface area contributed by atoms with E-state index >= 15 is 0 Å². The fourth-order valence-electron chi connectivity index (χ4n) is 3.60. The highest BCUT2D eigenvalue weighted by Crippen LogP contribution is 2.21. The van der Waals surface area contributed by atoms with Crippen molar-refractivity contribution in [1.29, 1.82) is 0 Å². The first kappa shape index (κ1) is 23.4. The molecule has 176 valence electrons. The molecular weight excluding hydrogens is 464 g/mol. The predicted octanol–water partition coefficient (Wildman–Crippen LogP) is 3.24. The third kappa shape index (κ3) is 5.60. The van der Waals surface area contributed by atoms with E-state index in [2.05, 4.69) is 20.8 Å². The van der Waals surface area contributed by atoms with Gasteiger partial charge in [-0.2, -0.15) is 0 Å². The number of carbonyl (C=O) groups excluding carboxylic acids is 3. The zero-order chi connectivity index (χ0) is 24.1. The molecule has 3 aromatic rings. The summed E-state index contributed by atoms with van der Waals surface area (Å²) in [6.07, 6.45) is 1.23. The number of likely N-dealkylation sites (tertiary alicyclic amines) is 1. The second-order valence-corrected chi connectivity index (χ2v) is 8.75. The van der Waals surface area contributed by atoms with Crippen LogP contribution in [-0.4, -0.2) is 45.9 Å². The minimum Gasteiger partial charge on any atom is -0.352 e. The van der Waals surface area contributed by atoms with Gasteiger partial charge in [-0.3, -0.25) is 14.4 Å². The molecule has 1 aromatic heterocycles. The molecular formula is C23H21F2N5O3S. The fraction of sp³-hybridized carbons (Fsp3) is 0.261. The molecule has 1 aliphatic rings. The smallest absolute Gasteiger partial charge is 0.286 e. The van der Waals surface area contributed by atoms with Gasteiger partial charge < -0.3 is 15.5 Å². The summed E-state index contributed by atoms with van der Waals surface area (Å²) in [5.74, 6) is -2.48. The molecule has 1 aliphatic heterocycles. The first-order chi connectivity index (χ1) is 16.4. The van der Waals surface area contributed by atoms with Crippen LogP contribution in [0.5, 0.6) is 0 Å². The molecule has 0 unspecified atom stereocenters. The van der Waals surface area contributed by atoms with Crippen LogP contribution >= 0.6 is 11.3 Å². The monoisotopic (exact) mass is 485 g/mol. The summed E-state index contributed by atoms with van der Waals surface area (Å²) in [5.41, 5.74) is 0.773. The van der Waals surface area contributed by atoms with E-state index in [4.69, 9.17) is 0 Å². The molecule has 2 heterocycles. The minimum absolute atomic E-state index is 0.0103. The largest absolute Gasteiger partial charge is 0.352 e. The van der Waals surface area contributed by atoms with E-state index in [1.54, 1.807) is 18.2 Å². The van der Waals surface area contributed by atoms with E-state index in [1.165, 1.54) is 35.2 Å². The van der Waals surface area contributed by atoms with Crippen LogP contribution in [0.3, 0.4) is 0 Å². The first-order valence-corrected chi connectivity index (χ1v) is 11.4. The standard InChI is InChI=1S/C23H21F2N5O3S/c24-16-7-9-17(10-8-16)27-20(32)21-28-29-22(34-21)23(33)30-11-3-5-15(13-30)19(31)26-12-14-4-1-2-6-18(14)25/h1-2,4,6-10,15H,3,5,11-13H2,(H,26,31)(H,27,32)/t15-/m0/s1. The Morgan fingerprint density at radius 1 is 1.03 bits per heavy atom. The van der Waals surface area contributed by atoms with Gasteiger partial charge in [0.15, 0.2) is 0 Å². The number of halogens is 2. The van der Waals surface area contributed by atoms with Crippen molar-refractivity contribution < 1.29 is 23.2 Å².